The second-order valence-electron chi connectivity index (χ2n) is 6.75. The number of piperidine rings is 2. The van der Waals surface area contributed by atoms with Crippen molar-refractivity contribution < 1.29 is 0 Å². The van der Waals surface area contributed by atoms with Gasteiger partial charge in [0.05, 0.1) is 0 Å². The molecule has 104 valence electrons. The summed E-state index contributed by atoms with van der Waals surface area (Å²) in [5, 5.41) is 0. The fourth-order valence-corrected chi connectivity index (χ4v) is 4.37. The first-order valence-electron chi connectivity index (χ1n) is 8.03. The highest BCUT2D eigenvalue weighted by molar-refractivity contribution is 5.25. The number of fused-ring (bicyclic) bond motifs is 1. The van der Waals surface area contributed by atoms with Gasteiger partial charge in [-0.25, -0.2) is 0 Å². The minimum atomic E-state index is 0.486. The highest BCUT2D eigenvalue weighted by atomic mass is 15.2. The van der Waals surface area contributed by atoms with E-state index in [-0.39, 0.29) is 0 Å². The Morgan fingerprint density at radius 1 is 1.16 bits per heavy atom. The molecule has 19 heavy (non-hydrogen) atoms. The Balaban J connectivity index is 1.97. The molecule has 2 aliphatic rings. The molecule has 1 aromatic rings. The molecule has 0 spiro atoms. The molecule has 2 saturated heterocycles. The van der Waals surface area contributed by atoms with Gasteiger partial charge in [0, 0.05) is 12.0 Å². The van der Waals surface area contributed by atoms with E-state index in [9.17, 15) is 0 Å². The van der Waals surface area contributed by atoms with Crippen LogP contribution in [0.1, 0.15) is 57.4 Å². The van der Waals surface area contributed by atoms with Crippen LogP contribution in [0.2, 0.25) is 0 Å². The SMILES string of the molecule is CC[C@@]1(C)CCN2CCCC[C@@H]2[C@H]1c1ccccc1. The minimum Gasteiger partial charge on any atom is -0.300 e. The summed E-state index contributed by atoms with van der Waals surface area (Å²) < 4.78 is 0. The van der Waals surface area contributed by atoms with Crippen LogP contribution in [-0.2, 0) is 0 Å². The molecule has 1 aromatic carbocycles. The molecule has 0 aliphatic carbocycles. The zero-order valence-corrected chi connectivity index (χ0v) is 12.4. The van der Waals surface area contributed by atoms with Crippen molar-refractivity contribution in [1.29, 1.82) is 0 Å². The van der Waals surface area contributed by atoms with Gasteiger partial charge >= 0.3 is 0 Å². The summed E-state index contributed by atoms with van der Waals surface area (Å²) in [4.78, 5) is 2.78. The van der Waals surface area contributed by atoms with E-state index in [1.807, 2.05) is 0 Å². The number of hydrogen-bond donors (Lipinski definition) is 0. The number of hydrogen-bond acceptors (Lipinski definition) is 1. The summed E-state index contributed by atoms with van der Waals surface area (Å²) in [7, 11) is 0. The van der Waals surface area contributed by atoms with Crippen LogP contribution in [0.3, 0.4) is 0 Å². The molecular weight excluding hydrogens is 230 g/mol. The Labute approximate surface area is 118 Å². The summed E-state index contributed by atoms with van der Waals surface area (Å²) in [5.41, 5.74) is 2.06. The maximum atomic E-state index is 2.78. The van der Waals surface area contributed by atoms with E-state index in [0.717, 1.165) is 12.0 Å². The fraction of sp³-hybridized carbons (Fsp3) is 0.667. The summed E-state index contributed by atoms with van der Waals surface area (Å²) in [6.45, 7) is 7.55. The second kappa shape index (κ2) is 5.28. The summed E-state index contributed by atoms with van der Waals surface area (Å²) >= 11 is 0. The molecule has 0 amide bonds. The Hall–Kier alpha value is -0.820. The van der Waals surface area contributed by atoms with E-state index in [1.54, 1.807) is 5.56 Å². The molecule has 2 aliphatic heterocycles. The van der Waals surface area contributed by atoms with Gasteiger partial charge in [0.1, 0.15) is 0 Å². The lowest BCUT2D eigenvalue weighted by molar-refractivity contribution is 0.00767. The highest BCUT2D eigenvalue weighted by Gasteiger charge is 2.45. The van der Waals surface area contributed by atoms with Gasteiger partial charge in [-0.1, -0.05) is 57.0 Å². The lowest BCUT2D eigenvalue weighted by atomic mass is 9.62. The van der Waals surface area contributed by atoms with Gasteiger partial charge in [0.25, 0.3) is 0 Å². The van der Waals surface area contributed by atoms with Gasteiger partial charge in [-0.05, 0) is 43.3 Å². The Kier molecular flexibility index (Phi) is 3.66. The lowest BCUT2D eigenvalue weighted by Crippen LogP contribution is -2.53. The van der Waals surface area contributed by atoms with Gasteiger partial charge in [-0.15, -0.1) is 0 Å². The smallest absolute Gasteiger partial charge is 0.0169 e. The molecule has 2 heterocycles. The van der Waals surface area contributed by atoms with Crippen molar-refractivity contribution in [2.24, 2.45) is 5.41 Å². The van der Waals surface area contributed by atoms with Gasteiger partial charge in [0.15, 0.2) is 0 Å². The van der Waals surface area contributed by atoms with Crippen LogP contribution in [0.4, 0.5) is 0 Å². The van der Waals surface area contributed by atoms with Crippen LogP contribution < -0.4 is 0 Å². The standard InChI is InChI=1S/C18H27N/c1-3-18(2)12-14-19-13-8-7-11-16(19)17(18)15-9-5-4-6-10-15/h4-6,9-10,16-17H,3,7-8,11-14H2,1-2H3/t16-,17-,18+/m1/s1. The third kappa shape index (κ3) is 2.33. The van der Waals surface area contributed by atoms with Gasteiger partial charge in [-0.3, -0.25) is 4.90 Å². The third-order valence-electron chi connectivity index (χ3n) is 5.74. The van der Waals surface area contributed by atoms with Crippen molar-refractivity contribution in [2.45, 2.75) is 57.9 Å². The maximum Gasteiger partial charge on any atom is 0.0169 e. The van der Waals surface area contributed by atoms with Crippen LogP contribution >= 0.6 is 0 Å². The predicted molar refractivity (Wildman–Crippen MR) is 81.4 cm³/mol. The number of rotatable bonds is 2. The fourth-order valence-electron chi connectivity index (χ4n) is 4.37. The molecule has 3 rings (SSSR count). The summed E-state index contributed by atoms with van der Waals surface area (Å²) in [6.07, 6.45) is 6.89. The molecule has 0 unspecified atom stereocenters. The van der Waals surface area contributed by atoms with Crippen LogP contribution in [-0.4, -0.2) is 24.0 Å². The van der Waals surface area contributed by atoms with Crippen molar-refractivity contribution >= 4 is 0 Å². The topological polar surface area (TPSA) is 3.24 Å². The molecular formula is C18H27N. The highest BCUT2D eigenvalue weighted by Crippen LogP contribution is 2.50. The van der Waals surface area contributed by atoms with Crippen LogP contribution in [0, 0.1) is 5.41 Å². The van der Waals surface area contributed by atoms with Gasteiger partial charge < -0.3 is 0 Å². The third-order valence-corrected chi connectivity index (χ3v) is 5.74. The molecule has 0 N–H and O–H groups in total. The Morgan fingerprint density at radius 3 is 2.68 bits per heavy atom. The predicted octanol–water partition coefficient (Wildman–Crippen LogP) is 4.44. The zero-order chi connectivity index (χ0) is 13.3. The van der Waals surface area contributed by atoms with E-state index >= 15 is 0 Å². The largest absolute Gasteiger partial charge is 0.300 e. The first-order chi connectivity index (χ1) is 9.24. The second-order valence-corrected chi connectivity index (χ2v) is 6.75. The van der Waals surface area contributed by atoms with E-state index in [4.69, 9.17) is 0 Å². The normalized spacial score (nSPS) is 35.9. The molecule has 0 saturated carbocycles. The summed E-state index contributed by atoms with van der Waals surface area (Å²) in [5.74, 6) is 0.729. The van der Waals surface area contributed by atoms with Crippen LogP contribution in [0.15, 0.2) is 30.3 Å². The molecule has 3 atom stereocenters. The zero-order valence-electron chi connectivity index (χ0n) is 12.4. The quantitative estimate of drug-likeness (QED) is 0.757. The number of benzene rings is 1. The first-order valence-corrected chi connectivity index (χ1v) is 8.03. The van der Waals surface area contributed by atoms with E-state index in [1.165, 1.54) is 45.2 Å². The van der Waals surface area contributed by atoms with Gasteiger partial charge in [-0.2, -0.15) is 0 Å². The monoisotopic (exact) mass is 257 g/mol. The van der Waals surface area contributed by atoms with E-state index in [2.05, 4.69) is 49.1 Å². The number of nitrogens with zero attached hydrogens (tertiary/aromatic N) is 1. The van der Waals surface area contributed by atoms with Crippen molar-refractivity contribution in [3.05, 3.63) is 35.9 Å². The average Bonchev–Trinajstić information content (AvgIpc) is 2.48. The maximum absolute atomic E-state index is 2.78. The van der Waals surface area contributed by atoms with Crippen molar-refractivity contribution in [1.82, 2.24) is 4.90 Å². The summed E-state index contributed by atoms with van der Waals surface area (Å²) in [6, 6.07) is 12.1. The van der Waals surface area contributed by atoms with Crippen molar-refractivity contribution in [3.8, 4) is 0 Å². The molecule has 2 fully saturated rings. The average molecular weight is 257 g/mol. The first kappa shape index (κ1) is 13.2. The van der Waals surface area contributed by atoms with Gasteiger partial charge in [0.2, 0.25) is 0 Å². The Morgan fingerprint density at radius 2 is 1.95 bits per heavy atom. The minimum absolute atomic E-state index is 0.486. The van der Waals surface area contributed by atoms with Crippen LogP contribution in [0.5, 0.6) is 0 Å². The van der Waals surface area contributed by atoms with E-state index in [0.29, 0.717) is 5.41 Å². The molecule has 0 bridgehead atoms. The van der Waals surface area contributed by atoms with Crippen molar-refractivity contribution in [3.63, 3.8) is 0 Å². The Bertz CT molecular complexity index is 413. The molecule has 0 aromatic heterocycles. The molecule has 1 heteroatoms. The molecule has 0 radical (unpaired) electrons. The van der Waals surface area contributed by atoms with Crippen LogP contribution in [0.25, 0.3) is 0 Å². The van der Waals surface area contributed by atoms with E-state index < -0.39 is 0 Å². The lowest BCUT2D eigenvalue weighted by Gasteiger charge is -2.53. The molecule has 1 nitrogen and oxygen atoms in total. The van der Waals surface area contributed by atoms with Crippen molar-refractivity contribution in [2.75, 3.05) is 13.1 Å².